The fraction of sp³-hybridized carbons (Fsp3) is 0.568. The second-order valence-corrected chi connectivity index (χ2v) is 12.6. The van der Waals surface area contributed by atoms with Crippen molar-refractivity contribution in [3.8, 4) is 0 Å². The van der Waals surface area contributed by atoms with Crippen LogP contribution < -0.4 is 0 Å². The molecule has 7 heteroatoms. The third-order valence-electron chi connectivity index (χ3n) is 9.62. The van der Waals surface area contributed by atoms with Gasteiger partial charge in [-0.2, -0.15) is 0 Å². The van der Waals surface area contributed by atoms with E-state index < -0.39 is 12.6 Å². The summed E-state index contributed by atoms with van der Waals surface area (Å²) in [6.07, 6.45) is 12.6. The lowest BCUT2D eigenvalue weighted by molar-refractivity contribution is -0.142. The van der Waals surface area contributed by atoms with Crippen molar-refractivity contribution in [1.29, 1.82) is 0 Å². The van der Waals surface area contributed by atoms with Crippen molar-refractivity contribution < 1.29 is 34.0 Å². The summed E-state index contributed by atoms with van der Waals surface area (Å²) >= 11 is 0. The average molecular weight is 611 g/mol. The largest absolute Gasteiger partial charge is 0.462 e. The number of hydrogen-bond acceptors (Lipinski definition) is 6. The molecule has 2 aromatic rings. The molecule has 2 saturated carbocycles. The first-order valence-corrected chi connectivity index (χ1v) is 16.2. The lowest BCUT2D eigenvalue weighted by atomic mass is 9.74. The number of fused-ring (bicyclic) bond motifs is 1. The van der Waals surface area contributed by atoms with Crippen LogP contribution in [0, 0.1) is 17.8 Å². The van der Waals surface area contributed by atoms with Gasteiger partial charge in [-0.25, -0.2) is 4.79 Å². The van der Waals surface area contributed by atoms with E-state index in [4.69, 9.17) is 14.9 Å². The third kappa shape index (κ3) is 10.6. The molecule has 0 saturated heterocycles. The van der Waals surface area contributed by atoms with Crippen molar-refractivity contribution in [1.82, 2.24) is 0 Å². The van der Waals surface area contributed by atoms with Crippen LogP contribution in [-0.4, -0.2) is 60.7 Å². The number of aliphatic hydroxyl groups is 3. The molecule has 6 nitrogen and oxygen atoms in total. The minimum Gasteiger partial charge on any atom is -0.462 e. The molecule has 1 atom stereocenters. The molecule has 0 spiro atoms. The highest BCUT2D eigenvalue weighted by Gasteiger charge is 2.29. The van der Waals surface area contributed by atoms with Gasteiger partial charge in [-0.05, 0) is 103 Å². The molecule has 4 rings (SSSR count). The predicted molar refractivity (Wildman–Crippen MR) is 173 cm³/mol. The lowest BCUT2D eigenvalue weighted by Crippen LogP contribution is -2.29. The van der Waals surface area contributed by atoms with Crippen molar-refractivity contribution in [2.24, 2.45) is 17.8 Å². The number of alkyl halides is 1. The van der Waals surface area contributed by atoms with Crippen LogP contribution in [0.5, 0.6) is 0 Å². The number of halogens is 1. The molecule has 44 heavy (non-hydrogen) atoms. The van der Waals surface area contributed by atoms with Crippen LogP contribution in [-0.2, 0) is 14.3 Å². The smallest absolute Gasteiger partial charge is 0.335 e. The van der Waals surface area contributed by atoms with E-state index in [-0.39, 0.29) is 43.6 Å². The SMILES string of the molecule is C=C(C=O)CO.C=C(CO)C(=O)OCC(CO)C1CCC(c2ccc3cc(C4CCC(CCCCF)CC4)ccc3c2)CC1. The van der Waals surface area contributed by atoms with Crippen molar-refractivity contribution >= 4 is 23.0 Å². The maximum Gasteiger partial charge on any atom is 0.335 e. The van der Waals surface area contributed by atoms with E-state index in [9.17, 15) is 19.1 Å². The number of esters is 1. The second kappa shape index (κ2) is 18.8. The van der Waals surface area contributed by atoms with E-state index >= 15 is 0 Å². The molecule has 1 unspecified atom stereocenters. The maximum atomic E-state index is 12.4. The van der Waals surface area contributed by atoms with Crippen LogP contribution in [0.2, 0.25) is 0 Å². The molecule has 0 radical (unpaired) electrons. The van der Waals surface area contributed by atoms with Crippen LogP contribution in [0.15, 0.2) is 60.7 Å². The highest BCUT2D eigenvalue weighted by Crippen LogP contribution is 2.41. The summed E-state index contributed by atoms with van der Waals surface area (Å²) in [6.45, 7) is 6.01. The zero-order valence-corrected chi connectivity index (χ0v) is 26.1. The number of ether oxygens (including phenoxy) is 1. The van der Waals surface area contributed by atoms with E-state index in [0.29, 0.717) is 24.0 Å². The van der Waals surface area contributed by atoms with Crippen LogP contribution >= 0.6 is 0 Å². The fourth-order valence-electron chi connectivity index (χ4n) is 6.75. The Morgan fingerprint density at radius 3 is 1.89 bits per heavy atom. The number of hydrogen-bond donors (Lipinski definition) is 3. The van der Waals surface area contributed by atoms with E-state index in [1.165, 1.54) is 54.0 Å². The summed E-state index contributed by atoms with van der Waals surface area (Å²) < 4.78 is 17.7. The molecule has 2 aromatic carbocycles. The highest BCUT2D eigenvalue weighted by molar-refractivity contribution is 5.88. The molecule has 0 amide bonds. The van der Waals surface area contributed by atoms with Gasteiger partial charge in [0, 0.05) is 18.1 Å². The monoisotopic (exact) mass is 610 g/mol. The molecular formula is C37H51FO6. The number of carbonyl (C=O) groups is 2. The quantitative estimate of drug-likeness (QED) is 0.0925. The van der Waals surface area contributed by atoms with Gasteiger partial charge < -0.3 is 20.1 Å². The van der Waals surface area contributed by atoms with E-state index in [2.05, 4.69) is 49.6 Å². The van der Waals surface area contributed by atoms with Crippen molar-refractivity contribution in [3.63, 3.8) is 0 Å². The molecule has 2 fully saturated rings. The van der Waals surface area contributed by atoms with Gasteiger partial charge in [-0.3, -0.25) is 9.18 Å². The number of aldehydes is 1. The first-order valence-electron chi connectivity index (χ1n) is 16.2. The second-order valence-electron chi connectivity index (χ2n) is 12.6. The Labute approximate surface area is 262 Å². The van der Waals surface area contributed by atoms with Crippen molar-refractivity contribution in [2.75, 3.05) is 33.1 Å². The summed E-state index contributed by atoms with van der Waals surface area (Å²) in [5.74, 6) is 1.60. The molecule has 0 heterocycles. The minimum absolute atomic E-state index is 0.00663. The fourth-order valence-corrected chi connectivity index (χ4v) is 6.75. The summed E-state index contributed by atoms with van der Waals surface area (Å²) in [6, 6.07) is 14.0. The van der Waals surface area contributed by atoms with Gasteiger partial charge in [0.05, 0.1) is 32.1 Å². The van der Waals surface area contributed by atoms with Crippen LogP contribution in [0.4, 0.5) is 4.39 Å². The summed E-state index contributed by atoms with van der Waals surface area (Å²) in [5.41, 5.74) is 3.12. The van der Waals surface area contributed by atoms with Gasteiger partial charge in [0.25, 0.3) is 0 Å². The molecule has 2 aliphatic carbocycles. The lowest BCUT2D eigenvalue weighted by Gasteiger charge is -2.33. The van der Waals surface area contributed by atoms with Gasteiger partial charge in [-0.1, -0.05) is 62.4 Å². The maximum absolute atomic E-state index is 12.4. The van der Waals surface area contributed by atoms with E-state index in [1.807, 2.05) is 0 Å². The Balaban J connectivity index is 0.000000801. The average Bonchev–Trinajstić information content (AvgIpc) is 3.08. The molecule has 0 bridgehead atoms. The number of carbonyl (C=O) groups excluding carboxylic acids is 2. The first-order chi connectivity index (χ1) is 21.3. The molecule has 242 valence electrons. The molecule has 3 N–H and O–H groups in total. The topological polar surface area (TPSA) is 104 Å². The molecule has 2 aliphatic rings. The first kappa shape index (κ1) is 35.6. The highest BCUT2D eigenvalue weighted by atomic mass is 19.1. The van der Waals surface area contributed by atoms with Crippen LogP contribution in [0.3, 0.4) is 0 Å². The number of rotatable bonds is 14. The summed E-state index contributed by atoms with van der Waals surface area (Å²) in [7, 11) is 0. The zero-order chi connectivity index (χ0) is 31.9. The van der Waals surface area contributed by atoms with E-state index in [1.54, 1.807) is 0 Å². The number of benzene rings is 2. The van der Waals surface area contributed by atoms with Gasteiger partial charge in [-0.15, -0.1) is 0 Å². The van der Waals surface area contributed by atoms with Gasteiger partial charge in [0.15, 0.2) is 0 Å². The normalized spacial score (nSPS) is 22.4. The molecular weight excluding hydrogens is 559 g/mol. The number of aliphatic hydroxyl groups excluding tert-OH is 3. The zero-order valence-electron chi connectivity index (χ0n) is 26.1. The Kier molecular flexibility index (Phi) is 15.2. The summed E-state index contributed by atoms with van der Waals surface area (Å²) in [4.78, 5) is 21.3. The van der Waals surface area contributed by atoms with Crippen LogP contribution in [0.25, 0.3) is 10.8 Å². The molecule has 0 aromatic heterocycles. The number of unbranched alkanes of at least 4 members (excludes halogenated alkanes) is 1. The predicted octanol–water partition coefficient (Wildman–Crippen LogP) is 6.96. The minimum atomic E-state index is -0.586. The van der Waals surface area contributed by atoms with Crippen LogP contribution in [0.1, 0.15) is 93.6 Å². The van der Waals surface area contributed by atoms with Gasteiger partial charge >= 0.3 is 5.97 Å². The Morgan fingerprint density at radius 1 is 0.864 bits per heavy atom. The van der Waals surface area contributed by atoms with Gasteiger partial charge in [0.1, 0.15) is 6.29 Å². The third-order valence-corrected chi connectivity index (χ3v) is 9.62. The Hall–Kier alpha value is -2.87. The standard InChI is InChI=1S/C33H45FO4.C4H6O2/c1-23(20-35)33(37)38-22-32(21-36)27-11-9-26(10-12-27)29-14-16-30-18-28(13-15-31(30)19-29)25-7-5-24(6-8-25)4-2-3-17-34;1-4(2-5)3-6/h13-16,18-19,24-27,32,35-36H,1-12,17,20-22H2;2,6H,1,3H2. The van der Waals surface area contributed by atoms with E-state index in [0.717, 1.165) is 44.4 Å². The van der Waals surface area contributed by atoms with Crippen molar-refractivity contribution in [3.05, 3.63) is 71.8 Å². The molecule has 0 aliphatic heterocycles. The summed E-state index contributed by atoms with van der Waals surface area (Å²) in [5, 5.41) is 29.5. The van der Waals surface area contributed by atoms with Crippen molar-refractivity contribution in [2.45, 2.75) is 82.5 Å². The Morgan fingerprint density at radius 2 is 1.43 bits per heavy atom. The Bertz CT molecular complexity index is 1210. The van der Waals surface area contributed by atoms with Gasteiger partial charge in [0.2, 0.25) is 0 Å².